The number of likely N-dealkylation sites (tertiary alicyclic amines) is 1. The van der Waals surface area contributed by atoms with Crippen molar-refractivity contribution in [2.75, 3.05) is 23.7 Å². The van der Waals surface area contributed by atoms with Crippen molar-refractivity contribution in [3.63, 3.8) is 0 Å². The van der Waals surface area contributed by atoms with Crippen LogP contribution in [-0.2, 0) is 4.79 Å². The first-order valence-corrected chi connectivity index (χ1v) is 11.8. The molecule has 1 aliphatic rings. The van der Waals surface area contributed by atoms with Gasteiger partial charge in [0.25, 0.3) is 0 Å². The molecule has 1 fully saturated rings. The number of nitrogens with one attached hydrogen (secondary N) is 2. The lowest BCUT2D eigenvalue weighted by Crippen LogP contribution is -2.43. The topological polar surface area (TPSA) is 94.6 Å². The molecule has 0 radical (unpaired) electrons. The quantitative estimate of drug-likeness (QED) is 0.411. The molecule has 7 nitrogen and oxygen atoms in total. The van der Waals surface area contributed by atoms with Crippen molar-refractivity contribution in [3.8, 4) is 10.4 Å². The summed E-state index contributed by atoms with van der Waals surface area (Å²) in [6.07, 6.45) is 3.48. The van der Waals surface area contributed by atoms with Crippen molar-refractivity contribution < 1.29 is 27.9 Å². The lowest BCUT2D eigenvalue weighted by atomic mass is 9.96. The molecule has 35 heavy (non-hydrogen) atoms. The molecule has 4 rings (SSSR count). The number of anilines is 2. The van der Waals surface area contributed by atoms with E-state index in [-0.39, 0.29) is 5.92 Å². The molecule has 11 heteroatoms. The summed E-state index contributed by atoms with van der Waals surface area (Å²) >= 11 is 1.57. The predicted molar refractivity (Wildman–Crippen MR) is 127 cm³/mol. The molecule has 2 aromatic carbocycles. The highest BCUT2D eigenvalue weighted by molar-refractivity contribution is 7.15. The van der Waals surface area contributed by atoms with Crippen LogP contribution in [0.25, 0.3) is 10.4 Å². The molecule has 0 saturated carbocycles. The number of carbonyl (C=O) groups is 2. The van der Waals surface area contributed by atoms with E-state index in [1.165, 1.54) is 0 Å². The number of aliphatic carboxylic acids is 1. The third kappa shape index (κ3) is 5.80. The Balaban J connectivity index is 1.35. The van der Waals surface area contributed by atoms with Gasteiger partial charge in [0.05, 0.1) is 9.88 Å². The van der Waals surface area contributed by atoms with E-state index in [1.807, 2.05) is 10.2 Å². The number of nitrogens with zero attached hydrogens (tertiary/aromatic N) is 2. The molecule has 0 spiro atoms. The van der Waals surface area contributed by atoms with Crippen LogP contribution in [0.3, 0.4) is 0 Å². The molecule has 1 aromatic heterocycles. The van der Waals surface area contributed by atoms with Gasteiger partial charge in [-0.25, -0.2) is 22.9 Å². The first kappa shape index (κ1) is 24.7. The number of benzene rings is 2. The van der Waals surface area contributed by atoms with Gasteiger partial charge in [-0.3, -0.25) is 9.69 Å². The number of rotatable bonds is 6. The van der Waals surface area contributed by atoms with Gasteiger partial charge < -0.3 is 15.7 Å². The van der Waals surface area contributed by atoms with E-state index in [4.69, 9.17) is 0 Å². The number of amides is 2. The molecule has 3 aromatic rings. The van der Waals surface area contributed by atoms with E-state index in [0.717, 1.165) is 28.3 Å². The molecule has 1 unspecified atom stereocenters. The van der Waals surface area contributed by atoms with Crippen molar-refractivity contribution in [2.24, 2.45) is 0 Å². The fourth-order valence-corrected chi connectivity index (χ4v) is 5.05. The summed E-state index contributed by atoms with van der Waals surface area (Å²) in [6.45, 7) is 3.12. The SMILES string of the molecule is CC(C(=O)O)N1CCC(c2ncc(-c3ccc(NC(=O)Nc4c(F)cc(F)cc4F)cc3)s2)CC1. The summed E-state index contributed by atoms with van der Waals surface area (Å²) in [5, 5.41) is 14.7. The van der Waals surface area contributed by atoms with Crippen LogP contribution < -0.4 is 10.6 Å². The van der Waals surface area contributed by atoms with Crippen LogP contribution in [0, 0.1) is 17.5 Å². The number of piperidine rings is 1. The Hall–Kier alpha value is -3.44. The van der Waals surface area contributed by atoms with Gasteiger partial charge in [0.15, 0.2) is 11.6 Å². The Bertz CT molecular complexity index is 1200. The Kier molecular flexibility index (Phi) is 7.37. The van der Waals surface area contributed by atoms with Crippen LogP contribution in [0.1, 0.15) is 30.7 Å². The van der Waals surface area contributed by atoms with E-state index in [9.17, 15) is 27.9 Å². The van der Waals surface area contributed by atoms with Gasteiger partial charge >= 0.3 is 12.0 Å². The lowest BCUT2D eigenvalue weighted by molar-refractivity contribution is -0.143. The zero-order valence-corrected chi connectivity index (χ0v) is 19.5. The minimum Gasteiger partial charge on any atom is -0.480 e. The number of halogens is 3. The van der Waals surface area contributed by atoms with E-state index in [0.29, 0.717) is 30.9 Å². The molecule has 1 aliphatic heterocycles. The van der Waals surface area contributed by atoms with Crippen molar-refractivity contribution >= 4 is 34.7 Å². The average Bonchev–Trinajstić information content (AvgIpc) is 3.32. The maximum Gasteiger partial charge on any atom is 0.323 e. The lowest BCUT2D eigenvalue weighted by Gasteiger charge is -2.33. The standard InChI is InChI=1S/C24H23F3N4O3S/c1-13(23(32)33)31-8-6-15(7-9-31)22-28-12-20(35-22)14-2-4-17(5-3-14)29-24(34)30-21-18(26)10-16(25)11-19(21)27/h2-5,10-13,15H,6-9H2,1H3,(H,32,33)(H2,29,30,34). The zero-order chi connectivity index (χ0) is 25.1. The summed E-state index contributed by atoms with van der Waals surface area (Å²) in [6, 6.07) is 6.49. The number of hydrogen-bond acceptors (Lipinski definition) is 5. The second kappa shape index (κ2) is 10.4. The number of hydrogen-bond donors (Lipinski definition) is 3. The van der Waals surface area contributed by atoms with Gasteiger partial charge in [0.1, 0.15) is 17.5 Å². The first-order chi connectivity index (χ1) is 16.7. The fraction of sp³-hybridized carbons (Fsp3) is 0.292. The van der Waals surface area contributed by atoms with Crippen molar-refractivity contribution in [1.29, 1.82) is 0 Å². The third-order valence-corrected chi connectivity index (χ3v) is 7.19. The predicted octanol–water partition coefficient (Wildman–Crippen LogP) is 5.52. The van der Waals surface area contributed by atoms with Crippen LogP contribution in [0.5, 0.6) is 0 Å². The molecule has 2 heterocycles. The Labute approximate surface area is 203 Å². The summed E-state index contributed by atoms with van der Waals surface area (Å²) in [4.78, 5) is 30.8. The maximum absolute atomic E-state index is 13.7. The van der Waals surface area contributed by atoms with Crippen LogP contribution in [0.4, 0.5) is 29.3 Å². The van der Waals surface area contributed by atoms with E-state index < -0.39 is 41.2 Å². The number of carboxylic acids is 1. The summed E-state index contributed by atoms with van der Waals surface area (Å²) in [7, 11) is 0. The number of urea groups is 1. The first-order valence-electron chi connectivity index (χ1n) is 11.0. The highest BCUT2D eigenvalue weighted by Crippen LogP contribution is 2.35. The molecule has 3 N–H and O–H groups in total. The Morgan fingerprint density at radius 2 is 1.71 bits per heavy atom. The monoisotopic (exact) mass is 504 g/mol. The molecular formula is C24H23F3N4O3S. The molecule has 1 saturated heterocycles. The Morgan fingerprint density at radius 3 is 2.31 bits per heavy atom. The van der Waals surface area contributed by atoms with Gasteiger partial charge in [-0.2, -0.15) is 0 Å². The number of carboxylic acid groups (broad SMARTS) is 1. The normalized spacial score (nSPS) is 15.5. The minimum atomic E-state index is -1.21. The van der Waals surface area contributed by atoms with Crippen molar-refractivity contribution in [3.05, 3.63) is 65.1 Å². The van der Waals surface area contributed by atoms with Gasteiger partial charge in [-0.1, -0.05) is 12.1 Å². The summed E-state index contributed by atoms with van der Waals surface area (Å²) in [5.41, 5.74) is 0.562. The van der Waals surface area contributed by atoms with Crippen molar-refractivity contribution in [1.82, 2.24) is 9.88 Å². The maximum atomic E-state index is 13.7. The molecule has 0 aliphatic carbocycles. The highest BCUT2D eigenvalue weighted by atomic mass is 32.1. The average molecular weight is 505 g/mol. The minimum absolute atomic E-state index is 0.280. The third-order valence-electron chi connectivity index (χ3n) is 5.98. The van der Waals surface area contributed by atoms with Crippen LogP contribution in [0.15, 0.2) is 42.6 Å². The molecular weight excluding hydrogens is 481 g/mol. The Morgan fingerprint density at radius 1 is 1.09 bits per heavy atom. The summed E-state index contributed by atoms with van der Waals surface area (Å²) < 4.78 is 40.5. The molecule has 1 atom stereocenters. The molecule has 184 valence electrons. The van der Waals surface area contributed by atoms with Crippen LogP contribution in [-0.4, -0.2) is 46.1 Å². The smallest absolute Gasteiger partial charge is 0.323 e. The van der Waals surface area contributed by atoms with Crippen LogP contribution >= 0.6 is 11.3 Å². The second-order valence-corrected chi connectivity index (χ2v) is 9.35. The second-order valence-electron chi connectivity index (χ2n) is 8.29. The number of aromatic nitrogens is 1. The number of carbonyl (C=O) groups excluding carboxylic acids is 1. The van der Waals surface area contributed by atoms with E-state index >= 15 is 0 Å². The van der Waals surface area contributed by atoms with E-state index in [2.05, 4.69) is 10.3 Å². The van der Waals surface area contributed by atoms with Gasteiger partial charge in [-0.15, -0.1) is 11.3 Å². The zero-order valence-electron chi connectivity index (χ0n) is 18.7. The molecule has 2 amide bonds. The highest BCUT2D eigenvalue weighted by Gasteiger charge is 2.28. The fourth-order valence-electron chi connectivity index (χ4n) is 3.96. The number of thiazole rings is 1. The molecule has 0 bridgehead atoms. The van der Waals surface area contributed by atoms with Crippen LogP contribution in [0.2, 0.25) is 0 Å². The van der Waals surface area contributed by atoms with E-state index in [1.54, 1.807) is 48.7 Å². The largest absolute Gasteiger partial charge is 0.480 e. The van der Waals surface area contributed by atoms with Gasteiger partial charge in [-0.05, 0) is 50.6 Å². The summed E-state index contributed by atoms with van der Waals surface area (Å²) in [5.74, 6) is -4.04. The van der Waals surface area contributed by atoms with Gasteiger partial charge in [0.2, 0.25) is 0 Å². The van der Waals surface area contributed by atoms with Gasteiger partial charge in [0, 0.05) is 29.9 Å². The van der Waals surface area contributed by atoms with Crippen molar-refractivity contribution in [2.45, 2.75) is 31.7 Å².